The molecule has 2 aliphatic rings. The Balaban J connectivity index is 1.57. The normalized spacial score (nSPS) is 18.9. The molecule has 0 spiro atoms. The van der Waals surface area contributed by atoms with E-state index in [-0.39, 0.29) is 24.2 Å². The van der Waals surface area contributed by atoms with Gasteiger partial charge >= 0.3 is 0 Å². The number of fused-ring (bicyclic) bond motifs is 1. The Hall–Kier alpha value is -2.44. The summed E-state index contributed by atoms with van der Waals surface area (Å²) in [5, 5.41) is 3.02. The number of Topliss-reactive ketones (excluding diaryl/α,β-unsaturated/α-hetero) is 1. The third-order valence-corrected chi connectivity index (χ3v) is 5.84. The van der Waals surface area contributed by atoms with E-state index >= 15 is 0 Å². The Morgan fingerprint density at radius 3 is 2.82 bits per heavy atom. The molecule has 3 N–H and O–H groups in total. The number of amides is 1. The van der Waals surface area contributed by atoms with Gasteiger partial charge in [0.15, 0.2) is 5.78 Å². The van der Waals surface area contributed by atoms with Crippen molar-refractivity contribution < 1.29 is 9.59 Å². The van der Waals surface area contributed by atoms with E-state index < -0.39 is 0 Å². The highest BCUT2D eigenvalue weighted by Crippen LogP contribution is 2.31. The second-order valence-electron chi connectivity index (χ2n) is 7.77. The third kappa shape index (κ3) is 3.88. The summed E-state index contributed by atoms with van der Waals surface area (Å²) in [7, 11) is 0. The minimum Gasteiger partial charge on any atom is -0.354 e. The number of hydrazine groups is 1. The SMILES string of the molecule is Cc1c(CC(=O)NCC2CCNN2)c2c(n1Cc1ccccc1)CCCC2=O. The number of carbonyl (C=O) groups is 2. The average Bonchev–Trinajstić information content (AvgIpc) is 3.31. The van der Waals surface area contributed by atoms with Gasteiger partial charge < -0.3 is 9.88 Å². The lowest BCUT2D eigenvalue weighted by Gasteiger charge is -2.16. The van der Waals surface area contributed by atoms with Crippen LogP contribution >= 0.6 is 0 Å². The molecule has 2 aromatic rings. The van der Waals surface area contributed by atoms with E-state index in [0.717, 1.165) is 54.9 Å². The summed E-state index contributed by atoms with van der Waals surface area (Å²) in [6, 6.07) is 10.5. The molecule has 1 atom stereocenters. The third-order valence-electron chi connectivity index (χ3n) is 5.84. The van der Waals surface area contributed by atoms with Crippen molar-refractivity contribution in [1.82, 2.24) is 20.7 Å². The molecule has 6 nitrogen and oxygen atoms in total. The molecule has 1 aromatic heterocycles. The summed E-state index contributed by atoms with van der Waals surface area (Å²) < 4.78 is 2.24. The number of benzene rings is 1. The van der Waals surface area contributed by atoms with Crippen LogP contribution in [0.3, 0.4) is 0 Å². The number of rotatable bonds is 6. The molecule has 0 radical (unpaired) electrons. The zero-order valence-corrected chi connectivity index (χ0v) is 16.4. The number of nitrogens with one attached hydrogen (secondary N) is 3. The molecular formula is C22H28N4O2. The van der Waals surface area contributed by atoms with Crippen LogP contribution in [0.1, 0.15) is 52.1 Å². The topological polar surface area (TPSA) is 75.2 Å². The van der Waals surface area contributed by atoms with Crippen LogP contribution in [0, 0.1) is 6.92 Å². The molecule has 1 aromatic carbocycles. The van der Waals surface area contributed by atoms with E-state index in [9.17, 15) is 9.59 Å². The zero-order chi connectivity index (χ0) is 19.5. The lowest BCUT2D eigenvalue weighted by Crippen LogP contribution is -2.40. The van der Waals surface area contributed by atoms with Crippen LogP contribution in [0.4, 0.5) is 0 Å². The van der Waals surface area contributed by atoms with Gasteiger partial charge in [-0.3, -0.25) is 20.4 Å². The predicted molar refractivity (Wildman–Crippen MR) is 108 cm³/mol. The van der Waals surface area contributed by atoms with Crippen LogP contribution in [0.2, 0.25) is 0 Å². The fraction of sp³-hybridized carbons (Fsp3) is 0.455. The van der Waals surface area contributed by atoms with Crippen molar-refractivity contribution in [3.05, 3.63) is 58.4 Å². The van der Waals surface area contributed by atoms with Gasteiger partial charge in [-0.25, -0.2) is 0 Å². The van der Waals surface area contributed by atoms with E-state index in [1.54, 1.807) is 0 Å². The number of hydrogen-bond acceptors (Lipinski definition) is 4. The lowest BCUT2D eigenvalue weighted by molar-refractivity contribution is -0.120. The Morgan fingerprint density at radius 2 is 2.07 bits per heavy atom. The van der Waals surface area contributed by atoms with Gasteiger partial charge in [-0.15, -0.1) is 0 Å². The van der Waals surface area contributed by atoms with Crippen molar-refractivity contribution in [1.29, 1.82) is 0 Å². The van der Waals surface area contributed by atoms with Crippen molar-refractivity contribution in [3.8, 4) is 0 Å². The summed E-state index contributed by atoms with van der Waals surface area (Å²) in [4.78, 5) is 25.3. The summed E-state index contributed by atoms with van der Waals surface area (Å²) in [6.07, 6.45) is 3.63. The first-order chi connectivity index (χ1) is 13.6. The van der Waals surface area contributed by atoms with Crippen LogP contribution in [0.25, 0.3) is 0 Å². The Bertz CT molecular complexity index is 866. The fourth-order valence-electron chi connectivity index (χ4n) is 4.33. The zero-order valence-electron chi connectivity index (χ0n) is 16.4. The second kappa shape index (κ2) is 8.29. The second-order valence-corrected chi connectivity index (χ2v) is 7.77. The van der Waals surface area contributed by atoms with Gasteiger partial charge in [-0.2, -0.15) is 0 Å². The first-order valence-electron chi connectivity index (χ1n) is 10.2. The van der Waals surface area contributed by atoms with Crippen molar-refractivity contribution in [3.63, 3.8) is 0 Å². The summed E-state index contributed by atoms with van der Waals surface area (Å²) in [5.41, 5.74) is 11.3. The quantitative estimate of drug-likeness (QED) is 0.715. The smallest absolute Gasteiger partial charge is 0.224 e. The number of carbonyl (C=O) groups excluding carboxylic acids is 2. The van der Waals surface area contributed by atoms with Gasteiger partial charge in [0.05, 0.1) is 6.42 Å². The van der Waals surface area contributed by atoms with E-state index in [2.05, 4.69) is 32.9 Å². The summed E-state index contributed by atoms with van der Waals surface area (Å²) >= 11 is 0. The van der Waals surface area contributed by atoms with Gasteiger partial charge in [-0.05, 0) is 37.3 Å². The highest BCUT2D eigenvalue weighted by Gasteiger charge is 2.29. The van der Waals surface area contributed by atoms with Crippen LogP contribution < -0.4 is 16.2 Å². The van der Waals surface area contributed by atoms with Gasteiger partial charge in [0.1, 0.15) is 0 Å². The molecule has 1 saturated heterocycles. The van der Waals surface area contributed by atoms with Crippen LogP contribution in [-0.2, 0) is 24.2 Å². The highest BCUT2D eigenvalue weighted by atomic mass is 16.1. The largest absolute Gasteiger partial charge is 0.354 e. The monoisotopic (exact) mass is 380 g/mol. The molecule has 1 amide bonds. The molecule has 1 aliphatic carbocycles. The van der Waals surface area contributed by atoms with Crippen LogP contribution in [0.5, 0.6) is 0 Å². The van der Waals surface area contributed by atoms with E-state index in [1.165, 1.54) is 5.56 Å². The first-order valence-corrected chi connectivity index (χ1v) is 10.2. The van der Waals surface area contributed by atoms with Gasteiger partial charge in [0, 0.05) is 49.0 Å². The van der Waals surface area contributed by atoms with Gasteiger partial charge in [-0.1, -0.05) is 30.3 Å². The lowest BCUT2D eigenvalue weighted by atomic mass is 9.92. The first kappa shape index (κ1) is 18.9. The van der Waals surface area contributed by atoms with Crippen LogP contribution in [0.15, 0.2) is 30.3 Å². The van der Waals surface area contributed by atoms with Crippen molar-refractivity contribution in [2.24, 2.45) is 0 Å². The number of nitrogens with zero attached hydrogens (tertiary/aromatic N) is 1. The van der Waals surface area contributed by atoms with Gasteiger partial charge in [0.2, 0.25) is 5.91 Å². The molecule has 2 heterocycles. The predicted octanol–water partition coefficient (Wildman–Crippen LogP) is 1.89. The minimum absolute atomic E-state index is 0.0187. The Morgan fingerprint density at radius 1 is 1.25 bits per heavy atom. The molecule has 4 rings (SSSR count). The standard InChI is InChI=1S/C22H28N4O2/c1-15-18(12-21(28)23-13-17-10-11-24-25-17)22-19(8-5-9-20(22)27)26(15)14-16-6-3-2-4-7-16/h2-4,6-7,17,24-25H,5,8-14H2,1H3,(H,23,28). The van der Waals surface area contributed by atoms with E-state index in [1.807, 2.05) is 25.1 Å². The molecular weight excluding hydrogens is 352 g/mol. The molecule has 1 aliphatic heterocycles. The van der Waals surface area contributed by atoms with Crippen LogP contribution in [-0.4, -0.2) is 35.4 Å². The van der Waals surface area contributed by atoms with Crippen molar-refractivity contribution in [2.75, 3.05) is 13.1 Å². The van der Waals surface area contributed by atoms with Crippen molar-refractivity contribution in [2.45, 2.75) is 51.6 Å². The Labute approximate surface area is 165 Å². The van der Waals surface area contributed by atoms with Gasteiger partial charge in [0.25, 0.3) is 0 Å². The molecule has 28 heavy (non-hydrogen) atoms. The number of hydrogen-bond donors (Lipinski definition) is 3. The maximum Gasteiger partial charge on any atom is 0.224 e. The molecule has 0 bridgehead atoms. The molecule has 148 valence electrons. The minimum atomic E-state index is -0.0187. The van der Waals surface area contributed by atoms with E-state index in [0.29, 0.717) is 13.0 Å². The maximum absolute atomic E-state index is 12.7. The van der Waals surface area contributed by atoms with E-state index in [4.69, 9.17) is 0 Å². The molecule has 0 saturated carbocycles. The number of ketones is 1. The molecule has 1 fully saturated rings. The molecule has 1 unspecified atom stereocenters. The Kier molecular flexibility index (Phi) is 5.59. The summed E-state index contributed by atoms with van der Waals surface area (Å²) in [6.45, 7) is 4.30. The fourth-order valence-corrected chi connectivity index (χ4v) is 4.33. The number of aromatic nitrogens is 1. The average molecular weight is 380 g/mol. The van der Waals surface area contributed by atoms with Crippen molar-refractivity contribution >= 4 is 11.7 Å². The molecule has 6 heteroatoms. The maximum atomic E-state index is 12.7. The highest BCUT2D eigenvalue weighted by molar-refractivity contribution is 6.01. The summed E-state index contributed by atoms with van der Waals surface area (Å²) in [5.74, 6) is 0.162.